The van der Waals surface area contributed by atoms with Crippen molar-refractivity contribution in [2.45, 2.75) is 0 Å². The maximum atomic E-state index is 10.5. The van der Waals surface area contributed by atoms with Gasteiger partial charge in [0.15, 0.2) is 0 Å². The molecule has 2 aromatic carbocycles. The van der Waals surface area contributed by atoms with Crippen molar-refractivity contribution in [3.05, 3.63) is 59.1 Å². The van der Waals surface area contributed by atoms with Crippen molar-refractivity contribution >= 4 is 23.6 Å². The van der Waals surface area contributed by atoms with Gasteiger partial charge in [-0.25, -0.2) is 4.79 Å². The lowest BCUT2D eigenvalue weighted by Gasteiger charge is -2.08. The van der Waals surface area contributed by atoms with Crippen molar-refractivity contribution in [1.29, 1.82) is 0 Å². The molecule has 0 aliphatic heterocycles. The molecule has 4 nitrogen and oxygen atoms in total. The van der Waals surface area contributed by atoms with Gasteiger partial charge in [0.05, 0.1) is 12.1 Å². The minimum atomic E-state index is -1.02. The molecule has 0 amide bonds. The summed E-state index contributed by atoms with van der Waals surface area (Å²) >= 11 is 6.08. The second-order valence-electron chi connectivity index (χ2n) is 4.13. The number of methoxy groups -OCH3 is 1. The molecule has 2 rings (SSSR count). The molecule has 108 valence electrons. The molecule has 0 bridgehead atoms. The van der Waals surface area contributed by atoms with Crippen LogP contribution in [0.5, 0.6) is 17.2 Å². The van der Waals surface area contributed by atoms with Gasteiger partial charge in [0.25, 0.3) is 0 Å². The maximum absolute atomic E-state index is 10.5. The zero-order valence-electron chi connectivity index (χ0n) is 11.2. The number of hydrogen-bond acceptors (Lipinski definition) is 3. The van der Waals surface area contributed by atoms with Crippen molar-refractivity contribution in [3.63, 3.8) is 0 Å². The largest absolute Gasteiger partial charge is 0.497 e. The van der Waals surface area contributed by atoms with Crippen LogP contribution in [0.15, 0.2) is 48.5 Å². The summed E-state index contributed by atoms with van der Waals surface area (Å²) < 4.78 is 10.7. The van der Waals surface area contributed by atoms with E-state index >= 15 is 0 Å². The van der Waals surface area contributed by atoms with Gasteiger partial charge in [-0.05, 0) is 54.1 Å². The van der Waals surface area contributed by atoms with E-state index in [1.54, 1.807) is 49.6 Å². The smallest absolute Gasteiger partial charge is 0.328 e. The van der Waals surface area contributed by atoms with Crippen molar-refractivity contribution in [1.82, 2.24) is 0 Å². The molecule has 0 fully saturated rings. The monoisotopic (exact) mass is 304 g/mol. The fourth-order valence-electron chi connectivity index (χ4n) is 1.65. The molecule has 5 heteroatoms. The van der Waals surface area contributed by atoms with Crippen LogP contribution in [0, 0.1) is 0 Å². The van der Waals surface area contributed by atoms with E-state index in [1.165, 1.54) is 6.08 Å². The van der Waals surface area contributed by atoms with Crippen molar-refractivity contribution < 1.29 is 19.4 Å². The lowest BCUT2D eigenvalue weighted by Crippen LogP contribution is -1.88. The Morgan fingerprint density at radius 1 is 1.10 bits per heavy atom. The summed E-state index contributed by atoms with van der Waals surface area (Å²) in [6, 6.07) is 12.2. The standard InChI is InChI=1S/C16H13ClO4/c1-20-12-5-7-13(8-6-12)21-14-4-2-11(15(17)10-14)3-9-16(18)19/h2-10H,1H3,(H,18,19)/b9-3+. The highest BCUT2D eigenvalue weighted by Crippen LogP contribution is 2.28. The van der Waals surface area contributed by atoms with Gasteiger partial charge in [0, 0.05) is 6.08 Å². The zero-order valence-corrected chi connectivity index (χ0v) is 12.0. The number of carboxylic acid groups (broad SMARTS) is 1. The second kappa shape index (κ2) is 6.81. The first-order valence-corrected chi connectivity index (χ1v) is 6.49. The first-order chi connectivity index (χ1) is 10.1. The molecule has 0 radical (unpaired) electrons. The molecule has 0 heterocycles. The Balaban J connectivity index is 2.14. The van der Waals surface area contributed by atoms with Crippen LogP contribution in [0.3, 0.4) is 0 Å². The second-order valence-corrected chi connectivity index (χ2v) is 4.54. The van der Waals surface area contributed by atoms with Gasteiger partial charge in [-0.3, -0.25) is 0 Å². The topological polar surface area (TPSA) is 55.8 Å². The van der Waals surface area contributed by atoms with Crippen LogP contribution in [-0.2, 0) is 4.79 Å². The quantitative estimate of drug-likeness (QED) is 0.839. The Labute approximate surface area is 127 Å². The van der Waals surface area contributed by atoms with Crippen LogP contribution in [0.4, 0.5) is 0 Å². The lowest BCUT2D eigenvalue weighted by molar-refractivity contribution is -0.131. The molecule has 0 aliphatic rings. The van der Waals surface area contributed by atoms with Crippen LogP contribution in [-0.4, -0.2) is 18.2 Å². The minimum absolute atomic E-state index is 0.415. The van der Waals surface area contributed by atoms with E-state index in [0.717, 1.165) is 11.8 Å². The van der Waals surface area contributed by atoms with E-state index in [-0.39, 0.29) is 0 Å². The third kappa shape index (κ3) is 4.26. The highest BCUT2D eigenvalue weighted by Gasteiger charge is 2.03. The van der Waals surface area contributed by atoms with Crippen molar-refractivity contribution in [2.75, 3.05) is 7.11 Å². The van der Waals surface area contributed by atoms with Gasteiger partial charge in [-0.2, -0.15) is 0 Å². The number of ether oxygens (including phenoxy) is 2. The average Bonchev–Trinajstić information content (AvgIpc) is 2.47. The molecule has 0 atom stereocenters. The summed E-state index contributed by atoms with van der Waals surface area (Å²) in [5.74, 6) is 0.942. The van der Waals surface area contributed by atoms with Gasteiger partial charge < -0.3 is 14.6 Å². The summed E-state index contributed by atoms with van der Waals surface area (Å²) in [5.41, 5.74) is 0.612. The number of carboxylic acids is 1. The fraction of sp³-hybridized carbons (Fsp3) is 0.0625. The Morgan fingerprint density at radius 2 is 1.71 bits per heavy atom. The summed E-state index contributed by atoms with van der Waals surface area (Å²) in [7, 11) is 1.60. The summed E-state index contributed by atoms with van der Waals surface area (Å²) in [4.78, 5) is 10.5. The molecule has 0 aromatic heterocycles. The Bertz CT molecular complexity index is 662. The van der Waals surface area contributed by atoms with Crippen LogP contribution in [0.2, 0.25) is 5.02 Å². The highest BCUT2D eigenvalue weighted by molar-refractivity contribution is 6.32. The molecule has 2 aromatic rings. The Hall–Kier alpha value is -2.46. The van der Waals surface area contributed by atoms with Crippen LogP contribution in [0.25, 0.3) is 6.08 Å². The molecular formula is C16H13ClO4. The molecule has 0 aliphatic carbocycles. The van der Waals surface area contributed by atoms with Crippen molar-refractivity contribution in [3.8, 4) is 17.2 Å². The van der Waals surface area contributed by atoms with E-state index in [4.69, 9.17) is 26.2 Å². The van der Waals surface area contributed by atoms with Crippen LogP contribution in [0.1, 0.15) is 5.56 Å². The zero-order chi connectivity index (χ0) is 15.2. The van der Waals surface area contributed by atoms with E-state index < -0.39 is 5.97 Å². The van der Waals surface area contributed by atoms with Gasteiger partial charge >= 0.3 is 5.97 Å². The van der Waals surface area contributed by atoms with Gasteiger partial charge in [0.1, 0.15) is 17.2 Å². The Kier molecular flexibility index (Phi) is 4.85. The van der Waals surface area contributed by atoms with Crippen molar-refractivity contribution in [2.24, 2.45) is 0 Å². The number of rotatable bonds is 5. The SMILES string of the molecule is COc1ccc(Oc2ccc(/C=C/C(=O)O)c(Cl)c2)cc1. The summed E-state index contributed by atoms with van der Waals surface area (Å²) in [6.45, 7) is 0. The molecule has 0 saturated carbocycles. The molecular weight excluding hydrogens is 292 g/mol. The number of benzene rings is 2. The number of carbonyl (C=O) groups is 1. The number of halogens is 1. The average molecular weight is 305 g/mol. The predicted molar refractivity (Wildman–Crippen MR) is 81.2 cm³/mol. The fourth-order valence-corrected chi connectivity index (χ4v) is 1.88. The molecule has 0 unspecified atom stereocenters. The molecule has 0 saturated heterocycles. The minimum Gasteiger partial charge on any atom is -0.497 e. The van der Waals surface area contributed by atoms with Gasteiger partial charge in [-0.1, -0.05) is 11.6 Å². The van der Waals surface area contributed by atoms with E-state index in [9.17, 15) is 4.79 Å². The first-order valence-electron chi connectivity index (χ1n) is 6.11. The molecule has 21 heavy (non-hydrogen) atoms. The molecule has 1 N–H and O–H groups in total. The summed E-state index contributed by atoms with van der Waals surface area (Å²) in [6.07, 6.45) is 2.47. The normalized spacial score (nSPS) is 10.6. The number of aliphatic carboxylic acids is 1. The highest BCUT2D eigenvalue weighted by atomic mass is 35.5. The molecule has 0 spiro atoms. The third-order valence-corrected chi connectivity index (χ3v) is 3.00. The van der Waals surface area contributed by atoms with Gasteiger partial charge in [-0.15, -0.1) is 0 Å². The van der Waals surface area contributed by atoms with E-state index in [0.29, 0.717) is 22.1 Å². The third-order valence-electron chi connectivity index (χ3n) is 2.67. The van der Waals surface area contributed by atoms with Gasteiger partial charge in [0.2, 0.25) is 0 Å². The predicted octanol–water partition coefficient (Wildman–Crippen LogP) is 4.24. The summed E-state index contributed by atoms with van der Waals surface area (Å²) in [5, 5.41) is 9.01. The Morgan fingerprint density at radius 3 is 2.29 bits per heavy atom. The van der Waals surface area contributed by atoms with Crippen LogP contribution >= 0.6 is 11.6 Å². The van der Waals surface area contributed by atoms with E-state index in [1.807, 2.05) is 0 Å². The van der Waals surface area contributed by atoms with E-state index in [2.05, 4.69) is 0 Å². The lowest BCUT2D eigenvalue weighted by atomic mass is 10.2. The first kappa shape index (κ1) is 14.9. The maximum Gasteiger partial charge on any atom is 0.328 e. The number of hydrogen-bond donors (Lipinski definition) is 1. The van der Waals surface area contributed by atoms with Crippen LogP contribution < -0.4 is 9.47 Å².